The maximum atomic E-state index is 12.6. The van der Waals surface area contributed by atoms with Gasteiger partial charge in [-0.15, -0.1) is 0 Å². The van der Waals surface area contributed by atoms with E-state index in [-0.39, 0.29) is 17.6 Å². The van der Waals surface area contributed by atoms with Gasteiger partial charge in [-0.1, -0.05) is 0 Å². The molecule has 0 spiro atoms. The molecule has 9 heteroatoms. The zero-order valence-electron chi connectivity index (χ0n) is 16.5. The number of hydrogen-bond acceptors (Lipinski definition) is 7. The second-order valence-electron chi connectivity index (χ2n) is 6.73. The molecule has 3 aromatic heterocycles. The second-order valence-corrected chi connectivity index (χ2v) is 6.73. The van der Waals surface area contributed by atoms with Gasteiger partial charge in [0.1, 0.15) is 11.1 Å². The number of fused-ring (bicyclic) bond motifs is 1. The van der Waals surface area contributed by atoms with E-state index in [4.69, 9.17) is 9.47 Å². The van der Waals surface area contributed by atoms with Crippen molar-refractivity contribution in [3.05, 3.63) is 53.1 Å². The summed E-state index contributed by atoms with van der Waals surface area (Å²) in [4.78, 5) is 25.7. The monoisotopic (exact) mass is 392 g/mol. The van der Waals surface area contributed by atoms with Gasteiger partial charge in [-0.3, -0.25) is 9.36 Å². The van der Waals surface area contributed by atoms with Gasteiger partial charge in [-0.05, 0) is 38.1 Å². The van der Waals surface area contributed by atoms with Crippen LogP contribution in [0.3, 0.4) is 0 Å². The number of benzene rings is 1. The molecule has 3 heterocycles. The summed E-state index contributed by atoms with van der Waals surface area (Å²) in [5.74, 6) is 1.57. The fourth-order valence-corrected chi connectivity index (χ4v) is 2.89. The quantitative estimate of drug-likeness (QED) is 0.515. The molecule has 4 rings (SSSR count). The van der Waals surface area contributed by atoms with Crippen LogP contribution in [0.5, 0.6) is 17.6 Å². The highest BCUT2D eigenvalue weighted by molar-refractivity contribution is 5.73. The molecular weight excluding hydrogens is 372 g/mol. The van der Waals surface area contributed by atoms with Gasteiger partial charge in [-0.2, -0.15) is 15.1 Å². The Labute approximate surface area is 166 Å². The number of aromatic nitrogens is 6. The van der Waals surface area contributed by atoms with Gasteiger partial charge in [0.15, 0.2) is 11.5 Å². The van der Waals surface area contributed by atoms with E-state index in [1.165, 1.54) is 10.8 Å². The van der Waals surface area contributed by atoms with Crippen LogP contribution in [0.15, 0.2) is 47.5 Å². The lowest BCUT2D eigenvalue weighted by Gasteiger charge is -2.11. The molecule has 0 atom stereocenters. The van der Waals surface area contributed by atoms with E-state index in [0.29, 0.717) is 28.5 Å². The van der Waals surface area contributed by atoms with Crippen molar-refractivity contribution in [2.24, 2.45) is 7.05 Å². The molecule has 148 valence electrons. The summed E-state index contributed by atoms with van der Waals surface area (Å²) in [5.41, 5.74) is 1.10. The minimum atomic E-state index is -0.210. The van der Waals surface area contributed by atoms with Crippen molar-refractivity contribution in [3.8, 4) is 29.0 Å². The van der Waals surface area contributed by atoms with E-state index in [2.05, 4.69) is 20.1 Å². The predicted molar refractivity (Wildman–Crippen MR) is 107 cm³/mol. The first kappa shape index (κ1) is 18.6. The summed E-state index contributed by atoms with van der Waals surface area (Å²) in [5, 5.41) is 4.72. The molecule has 9 nitrogen and oxygen atoms in total. The number of hydrogen-bond donors (Lipinski definition) is 0. The molecule has 0 fully saturated rings. The average molecular weight is 392 g/mol. The minimum Gasteiger partial charge on any atom is -0.481 e. The maximum Gasteiger partial charge on any atom is 0.306 e. The van der Waals surface area contributed by atoms with Crippen LogP contribution in [-0.4, -0.2) is 36.4 Å². The first-order valence-electron chi connectivity index (χ1n) is 9.07. The minimum absolute atomic E-state index is 0.0714. The summed E-state index contributed by atoms with van der Waals surface area (Å²) < 4.78 is 14.1. The molecule has 0 unspecified atom stereocenters. The van der Waals surface area contributed by atoms with Crippen LogP contribution in [0.1, 0.15) is 19.9 Å². The first-order chi connectivity index (χ1) is 14.0. The fraction of sp³-hybridized carbons (Fsp3) is 0.250. The van der Waals surface area contributed by atoms with E-state index in [9.17, 15) is 4.79 Å². The number of nitrogens with zero attached hydrogens (tertiary/aromatic N) is 6. The number of rotatable bonds is 5. The van der Waals surface area contributed by atoms with E-state index < -0.39 is 0 Å². The lowest BCUT2D eigenvalue weighted by Crippen LogP contribution is -2.20. The smallest absolute Gasteiger partial charge is 0.306 e. The Morgan fingerprint density at radius 3 is 2.52 bits per heavy atom. The maximum absolute atomic E-state index is 12.6. The second kappa shape index (κ2) is 7.34. The molecule has 29 heavy (non-hydrogen) atoms. The Bertz CT molecular complexity index is 1230. The van der Waals surface area contributed by atoms with Gasteiger partial charge < -0.3 is 9.47 Å². The van der Waals surface area contributed by atoms with Crippen LogP contribution in [0, 0.1) is 0 Å². The Hall–Kier alpha value is -3.75. The molecule has 4 aromatic rings. The topological polar surface area (TPSA) is 97.0 Å². The highest BCUT2D eigenvalue weighted by atomic mass is 16.5. The van der Waals surface area contributed by atoms with Crippen molar-refractivity contribution >= 4 is 11.0 Å². The molecule has 0 saturated carbocycles. The van der Waals surface area contributed by atoms with E-state index >= 15 is 0 Å². The van der Waals surface area contributed by atoms with Crippen LogP contribution in [-0.2, 0) is 7.05 Å². The zero-order chi connectivity index (χ0) is 20.5. The van der Waals surface area contributed by atoms with Crippen molar-refractivity contribution in [1.29, 1.82) is 0 Å². The standard InChI is InChI=1S/C20H20N6O3/c1-12(2)26-18-15(11-22-26)19(27)25(3)20(24-18)29-14-7-5-13(6-8-14)17-21-10-9-16(23-17)28-4/h5-12H,1-4H3. The van der Waals surface area contributed by atoms with Gasteiger partial charge in [0.05, 0.1) is 13.3 Å². The van der Waals surface area contributed by atoms with Crippen LogP contribution >= 0.6 is 0 Å². The Morgan fingerprint density at radius 2 is 1.83 bits per heavy atom. The zero-order valence-corrected chi connectivity index (χ0v) is 16.5. The normalized spacial score (nSPS) is 11.2. The fourth-order valence-electron chi connectivity index (χ4n) is 2.89. The van der Waals surface area contributed by atoms with Gasteiger partial charge in [0, 0.05) is 30.9 Å². The lowest BCUT2D eigenvalue weighted by molar-refractivity contribution is 0.397. The Balaban J connectivity index is 1.67. The molecule has 0 N–H and O–H groups in total. The molecule has 0 aliphatic carbocycles. The molecule has 0 bridgehead atoms. The van der Waals surface area contributed by atoms with Crippen LogP contribution in [0.4, 0.5) is 0 Å². The number of methoxy groups -OCH3 is 1. The van der Waals surface area contributed by atoms with E-state index in [1.54, 1.807) is 43.2 Å². The van der Waals surface area contributed by atoms with Crippen LogP contribution in [0.2, 0.25) is 0 Å². The summed E-state index contributed by atoms with van der Waals surface area (Å²) in [6.07, 6.45) is 3.18. The summed E-state index contributed by atoms with van der Waals surface area (Å²) in [7, 11) is 3.18. The van der Waals surface area contributed by atoms with Gasteiger partial charge in [-0.25, -0.2) is 9.67 Å². The van der Waals surface area contributed by atoms with Gasteiger partial charge >= 0.3 is 6.01 Å². The van der Waals surface area contributed by atoms with Gasteiger partial charge in [0.2, 0.25) is 5.88 Å². The summed E-state index contributed by atoms with van der Waals surface area (Å²) >= 11 is 0. The number of ether oxygens (including phenoxy) is 2. The van der Waals surface area contributed by atoms with Crippen molar-refractivity contribution in [3.63, 3.8) is 0 Å². The third-order valence-corrected chi connectivity index (χ3v) is 4.44. The van der Waals surface area contributed by atoms with Crippen LogP contribution in [0.25, 0.3) is 22.4 Å². The summed E-state index contributed by atoms with van der Waals surface area (Å²) in [6.45, 7) is 3.96. The molecule has 0 amide bonds. The molecule has 0 radical (unpaired) electrons. The third-order valence-electron chi connectivity index (χ3n) is 4.44. The molecule has 0 aliphatic rings. The first-order valence-corrected chi connectivity index (χ1v) is 9.07. The Kier molecular flexibility index (Phi) is 4.71. The molecule has 1 aromatic carbocycles. The predicted octanol–water partition coefficient (Wildman–Crippen LogP) is 2.97. The lowest BCUT2D eigenvalue weighted by atomic mass is 10.2. The highest BCUT2D eigenvalue weighted by Gasteiger charge is 2.16. The summed E-state index contributed by atoms with van der Waals surface area (Å²) in [6, 6.07) is 9.16. The SMILES string of the molecule is COc1ccnc(-c2ccc(Oc3nc4c(cnn4C(C)C)c(=O)n3C)cc2)n1. The van der Waals surface area contributed by atoms with Crippen molar-refractivity contribution in [2.75, 3.05) is 7.11 Å². The van der Waals surface area contributed by atoms with Crippen molar-refractivity contribution in [2.45, 2.75) is 19.9 Å². The van der Waals surface area contributed by atoms with Crippen molar-refractivity contribution < 1.29 is 9.47 Å². The Morgan fingerprint density at radius 1 is 1.07 bits per heavy atom. The molecule has 0 saturated heterocycles. The van der Waals surface area contributed by atoms with Crippen LogP contribution < -0.4 is 15.0 Å². The van der Waals surface area contributed by atoms with Crippen molar-refractivity contribution in [1.82, 2.24) is 29.3 Å². The third kappa shape index (κ3) is 3.42. The van der Waals surface area contributed by atoms with E-state index in [1.807, 2.05) is 26.0 Å². The van der Waals surface area contributed by atoms with Gasteiger partial charge in [0.25, 0.3) is 5.56 Å². The average Bonchev–Trinajstić information content (AvgIpc) is 3.16. The molecular formula is C20H20N6O3. The van der Waals surface area contributed by atoms with E-state index in [0.717, 1.165) is 5.56 Å². The highest BCUT2D eigenvalue weighted by Crippen LogP contribution is 2.24. The largest absolute Gasteiger partial charge is 0.481 e. The molecule has 0 aliphatic heterocycles.